The second-order valence-electron chi connectivity index (χ2n) is 6.37. The lowest BCUT2D eigenvalue weighted by Crippen LogP contribution is -2.41. The molecule has 1 saturated carbocycles. The Morgan fingerprint density at radius 3 is 2.72 bits per heavy atom. The largest absolute Gasteiger partial charge is 0.481 e. The summed E-state index contributed by atoms with van der Waals surface area (Å²) in [5.74, 6) is -0.244. The molecule has 0 bridgehead atoms. The second-order valence-corrected chi connectivity index (χ2v) is 6.37. The fraction of sp³-hybridized carbons (Fsp3) is 0.800. The van der Waals surface area contributed by atoms with Crippen molar-refractivity contribution in [2.75, 3.05) is 0 Å². The molecule has 18 heavy (non-hydrogen) atoms. The Balaban J connectivity index is 2.58. The molecule has 3 unspecified atom stereocenters. The molecular formula is C15H26O3. The molecule has 1 aliphatic rings. The van der Waals surface area contributed by atoms with Gasteiger partial charge in [0.25, 0.3) is 0 Å². The molecule has 2 N–H and O–H groups in total. The molecule has 3 atom stereocenters. The number of carbonyl (C=O) groups is 1. The summed E-state index contributed by atoms with van der Waals surface area (Å²) in [5, 5.41) is 18.9. The van der Waals surface area contributed by atoms with Crippen molar-refractivity contribution >= 4 is 5.97 Å². The Labute approximate surface area is 110 Å². The normalized spacial score (nSPS) is 29.0. The third-order valence-electron chi connectivity index (χ3n) is 4.46. The minimum absolute atomic E-state index is 0.141. The highest BCUT2D eigenvalue weighted by atomic mass is 16.4. The molecule has 0 amide bonds. The predicted molar refractivity (Wildman–Crippen MR) is 72.3 cm³/mol. The van der Waals surface area contributed by atoms with Crippen molar-refractivity contribution in [2.24, 2.45) is 17.3 Å². The Morgan fingerprint density at radius 2 is 2.17 bits per heavy atom. The average molecular weight is 254 g/mol. The van der Waals surface area contributed by atoms with Crippen LogP contribution >= 0.6 is 0 Å². The third kappa shape index (κ3) is 3.58. The highest BCUT2D eigenvalue weighted by Gasteiger charge is 2.40. The van der Waals surface area contributed by atoms with Gasteiger partial charge in [-0.1, -0.05) is 32.9 Å². The molecule has 0 aromatic rings. The van der Waals surface area contributed by atoms with Gasteiger partial charge in [-0.3, -0.25) is 4.79 Å². The number of hydrogen-bond donors (Lipinski definition) is 2. The Hall–Kier alpha value is -0.830. The van der Waals surface area contributed by atoms with E-state index in [0.29, 0.717) is 5.92 Å². The molecule has 0 spiro atoms. The van der Waals surface area contributed by atoms with Crippen molar-refractivity contribution in [3.63, 3.8) is 0 Å². The van der Waals surface area contributed by atoms with Gasteiger partial charge in [-0.15, -0.1) is 0 Å². The quantitative estimate of drug-likeness (QED) is 0.741. The number of aliphatic hydroxyl groups excluding tert-OH is 1. The average Bonchev–Trinajstić information content (AvgIpc) is 2.22. The van der Waals surface area contributed by atoms with E-state index >= 15 is 0 Å². The zero-order chi connectivity index (χ0) is 13.9. The van der Waals surface area contributed by atoms with E-state index < -0.39 is 5.97 Å². The molecule has 104 valence electrons. The molecule has 0 aromatic heterocycles. The summed E-state index contributed by atoms with van der Waals surface area (Å²) in [5.41, 5.74) is 1.07. The summed E-state index contributed by atoms with van der Waals surface area (Å²) in [4.78, 5) is 10.6. The van der Waals surface area contributed by atoms with Crippen LogP contribution in [0.1, 0.15) is 52.9 Å². The predicted octanol–water partition coefficient (Wildman–Crippen LogP) is 3.23. The summed E-state index contributed by atoms with van der Waals surface area (Å²) >= 11 is 0. The highest BCUT2D eigenvalue weighted by molar-refractivity contribution is 5.66. The van der Waals surface area contributed by atoms with Gasteiger partial charge in [0.1, 0.15) is 0 Å². The lowest BCUT2D eigenvalue weighted by molar-refractivity contribution is -0.138. The van der Waals surface area contributed by atoms with Crippen LogP contribution in [0.3, 0.4) is 0 Å². The van der Waals surface area contributed by atoms with Crippen LogP contribution in [0.15, 0.2) is 12.2 Å². The van der Waals surface area contributed by atoms with E-state index in [2.05, 4.69) is 20.4 Å². The zero-order valence-electron chi connectivity index (χ0n) is 11.8. The molecule has 3 heteroatoms. The van der Waals surface area contributed by atoms with Gasteiger partial charge < -0.3 is 10.2 Å². The van der Waals surface area contributed by atoms with Crippen LogP contribution < -0.4 is 0 Å². The zero-order valence-corrected chi connectivity index (χ0v) is 11.8. The first-order chi connectivity index (χ1) is 8.25. The van der Waals surface area contributed by atoms with Crippen LogP contribution in [0, 0.1) is 17.3 Å². The highest BCUT2D eigenvalue weighted by Crippen LogP contribution is 2.45. The van der Waals surface area contributed by atoms with Crippen LogP contribution in [-0.4, -0.2) is 22.3 Å². The van der Waals surface area contributed by atoms with E-state index in [-0.39, 0.29) is 23.9 Å². The van der Waals surface area contributed by atoms with Crippen LogP contribution in [0.25, 0.3) is 0 Å². The molecular weight excluding hydrogens is 228 g/mol. The number of rotatable bonds is 5. The first kappa shape index (κ1) is 15.2. The summed E-state index contributed by atoms with van der Waals surface area (Å²) in [6, 6.07) is 0. The van der Waals surface area contributed by atoms with Crippen LogP contribution in [0.2, 0.25) is 0 Å². The van der Waals surface area contributed by atoms with Crippen LogP contribution in [-0.2, 0) is 4.79 Å². The smallest absolute Gasteiger partial charge is 0.303 e. The monoisotopic (exact) mass is 254 g/mol. The Bertz CT molecular complexity index is 320. The van der Waals surface area contributed by atoms with E-state index in [1.165, 1.54) is 5.57 Å². The Morgan fingerprint density at radius 1 is 1.56 bits per heavy atom. The molecule has 1 aliphatic carbocycles. The van der Waals surface area contributed by atoms with Gasteiger partial charge in [0, 0.05) is 6.42 Å². The van der Waals surface area contributed by atoms with Gasteiger partial charge >= 0.3 is 5.97 Å². The maximum absolute atomic E-state index is 10.6. The van der Waals surface area contributed by atoms with Gasteiger partial charge in [-0.2, -0.15) is 0 Å². The number of aliphatic hydroxyl groups is 1. The molecule has 3 nitrogen and oxygen atoms in total. The van der Waals surface area contributed by atoms with Gasteiger partial charge in [-0.05, 0) is 42.9 Å². The fourth-order valence-corrected chi connectivity index (χ4v) is 3.05. The van der Waals surface area contributed by atoms with Crippen LogP contribution in [0.5, 0.6) is 0 Å². The topological polar surface area (TPSA) is 57.5 Å². The van der Waals surface area contributed by atoms with Gasteiger partial charge in [0.2, 0.25) is 0 Å². The van der Waals surface area contributed by atoms with Crippen molar-refractivity contribution in [1.29, 1.82) is 0 Å². The number of carboxylic acids is 1. The molecule has 1 rings (SSSR count). The van der Waals surface area contributed by atoms with Crippen molar-refractivity contribution in [3.05, 3.63) is 12.2 Å². The van der Waals surface area contributed by atoms with Gasteiger partial charge in [0.15, 0.2) is 0 Å². The fourth-order valence-electron chi connectivity index (χ4n) is 3.05. The standard InChI is InChI=1S/C15H26O3/c1-10(9-14(17)18)5-7-12-11(2)6-8-13(16)15(12,3)4/h10,12-13,16H,2,5-9H2,1,3-4H3,(H,17,18). The van der Waals surface area contributed by atoms with E-state index in [0.717, 1.165) is 25.7 Å². The summed E-state index contributed by atoms with van der Waals surface area (Å²) < 4.78 is 0. The summed E-state index contributed by atoms with van der Waals surface area (Å²) in [6.45, 7) is 10.3. The van der Waals surface area contributed by atoms with Crippen molar-refractivity contribution in [3.8, 4) is 0 Å². The molecule has 0 radical (unpaired) electrons. The van der Waals surface area contributed by atoms with Gasteiger partial charge in [-0.25, -0.2) is 0 Å². The summed E-state index contributed by atoms with van der Waals surface area (Å²) in [6.07, 6.45) is 3.45. The van der Waals surface area contributed by atoms with Crippen molar-refractivity contribution < 1.29 is 15.0 Å². The van der Waals surface area contributed by atoms with Gasteiger partial charge in [0.05, 0.1) is 6.10 Å². The van der Waals surface area contributed by atoms with E-state index in [1.807, 2.05) is 6.92 Å². The minimum atomic E-state index is -0.732. The number of aliphatic carboxylic acids is 1. The maximum atomic E-state index is 10.6. The van der Waals surface area contributed by atoms with E-state index in [9.17, 15) is 9.90 Å². The number of carboxylic acid groups (broad SMARTS) is 1. The second kappa shape index (κ2) is 5.87. The van der Waals surface area contributed by atoms with Crippen LogP contribution in [0.4, 0.5) is 0 Å². The maximum Gasteiger partial charge on any atom is 0.303 e. The van der Waals surface area contributed by atoms with E-state index in [4.69, 9.17) is 5.11 Å². The van der Waals surface area contributed by atoms with E-state index in [1.54, 1.807) is 0 Å². The molecule has 0 aliphatic heterocycles. The molecule has 0 aromatic carbocycles. The first-order valence-electron chi connectivity index (χ1n) is 6.82. The Kier molecular flexibility index (Phi) is 4.97. The molecule has 0 saturated heterocycles. The summed E-state index contributed by atoms with van der Waals surface area (Å²) in [7, 11) is 0. The first-order valence-corrected chi connectivity index (χ1v) is 6.82. The lowest BCUT2D eigenvalue weighted by atomic mass is 9.63. The SMILES string of the molecule is C=C1CCC(O)C(C)(C)C1CCC(C)CC(=O)O. The lowest BCUT2D eigenvalue weighted by Gasteiger charge is -2.44. The molecule has 0 heterocycles. The van der Waals surface area contributed by atoms with Crippen molar-refractivity contribution in [2.45, 2.75) is 59.0 Å². The number of allylic oxidation sites excluding steroid dienone is 1. The third-order valence-corrected chi connectivity index (χ3v) is 4.46. The minimum Gasteiger partial charge on any atom is -0.481 e. The molecule has 1 fully saturated rings. The van der Waals surface area contributed by atoms with Crippen molar-refractivity contribution in [1.82, 2.24) is 0 Å². The number of hydrogen-bond acceptors (Lipinski definition) is 2.